The van der Waals surface area contributed by atoms with E-state index in [1.165, 1.54) is 0 Å². The Bertz CT molecular complexity index is 430. The second-order valence-electron chi connectivity index (χ2n) is 4.56. The number of nitrogens with one attached hydrogen (secondary N) is 2. The number of carbonyl (C=O) groups excluding carboxylic acids is 2. The molecule has 2 amide bonds. The Labute approximate surface area is 118 Å². The van der Waals surface area contributed by atoms with Gasteiger partial charge in [0, 0.05) is 30.5 Å². The Morgan fingerprint density at radius 1 is 1.21 bits per heavy atom. The number of alkyl halides is 1. The molecule has 0 saturated heterocycles. The number of hydrogen-bond donors (Lipinski definition) is 2. The Hall–Kier alpha value is -1.55. The lowest BCUT2D eigenvalue weighted by Gasteiger charge is -2.09. The van der Waals surface area contributed by atoms with Crippen molar-refractivity contribution in [2.75, 3.05) is 11.2 Å². The molecular formula is C14H19ClN2O2. The summed E-state index contributed by atoms with van der Waals surface area (Å²) in [6.45, 7) is 4.15. The van der Waals surface area contributed by atoms with Crippen LogP contribution in [-0.4, -0.2) is 17.7 Å². The van der Waals surface area contributed by atoms with Crippen LogP contribution in [0.3, 0.4) is 0 Å². The van der Waals surface area contributed by atoms with E-state index in [-0.39, 0.29) is 17.7 Å². The van der Waals surface area contributed by atoms with Crippen molar-refractivity contribution >= 4 is 29.1 Å². The third-order valence-corrected chi connectivity index (χ3v) is 2.75. The second-order valence-corrected chi connectivity index (χ2v) is 4.93. The SMILES string of the molecule is CC(C)C(=O)Nc1ccc(CNC(=O)CCCl)cc1. The summed E-state index contributed by atoms with van der Waals surface area (Å²) in [7, 11) is 0. The predicted octanol–water partition coefficient (Wildman–Crippen LogP) is 2.53. The van der Waals surface area contributed by atoms with Gasteiger partial charge in [0.2, 0.25) is 11.8 Å². The summed E-state index contributed by atoms with van der Waals surface area (Å²) in [5.41, 5.74) is 1.74. The lowest BCUT2D eigenvalue weighted by molar-refractivity contribution is -0.121. The van der Waals surface area contributed by atoms with Gasteiger partial charge >= 0.3 is 0 Å². The molecule has 104 valence electrons. The molecular weight excluding hydrogens is 264 g/mol. The fraction of sp³-hybridized carbons (Fsp3) is 0.429. The summed E-state index contributed by atoms with van der Waals surface area (Å²) in [5, 5.41) is 5.58. The monoisotopic (exact) mass is 282 g/mol. The maximum atomic E-state index is 11.5. The van der Waals surface area contributed by atoms with Crippen molar-refractivity contribution in [3.05, 3.63) is 29.8 Å². The number of hydrogen-bond acceptors (Lipinski definition) is 2. The van der Waals surface area contributed by atoms with Crippen LogP contribution in [0.4, 0.5) is 5.69 Å². The third-order valence-electron chi connectivity index (χ3n) is 2.56. The predicted molar refractivity (Wildman–Crippen MR) is 77.1 cm³/mol. The number of amides is 2. The van der Waals surface area contributed by atoms with Crippen LogP contribution in [0.15, 0.2) is 24.3 Å². The van der Waals surface area contributed by atoms with Gasteiger partial charge < -0.3 is 10.6 Å². The molecule has 0 fully saturated rings. The molecule has 1 aromatic carbocycles. The molecule has 0 aliphatic rings. The number of halogens is 1. The Balaban J connectivity index is 2.47. The molecule has 0 atom stereocenters. The summed E-state index contributed by atoms with van der Waals surface area (Å²) in [6.07, 6.45) is 0.323. The average molecular weight is 283 g/mol. The van der Waals surface area contributed by atoms with Crippen LogP contribution in [0.2, 0.25) is 0 Å². The van der Waals surface area contributed by atoms with Crippen LogP contribution < -0.4 is 10.6 Å². The van der Waals surface area contributed by atoms with Gasteiger partial charge in [-0.1, -0.05) is 26.0 Å². The minimum atomic E-state index is -0.0628. The molecule has 1 aromatic rings. The first-order valence-corrected chi connectivity index (χ1v) is 6.79. The molecule has 0 aliphatic heterocycles. The quantitative estimate of drug-likeness (QED) is 0.788. The summed E-state index contributed by atoms with van der Waals surface area (Å²) in [6, 6.07) is 7.39. The minimum absolute atomic E-state index is 0.0110. The van der Waals surface area contributed by atoms with E-state index >= 15 is 0 Å². The van der Waals surface area contributed by atoms with E-state index in [0.717, 1.165) is 11.3 Å². The molecule has 0 aliphatic carbocycles. The average Bonchev–Trinajstić information content (AvgIpc) is 2.38. The maximum absolute atomic E-state index is 11.5. The first-order valence-electron chi connectivity index (χ1n) is 6.25. The molecule has 0 unspecified atom stereocenters. The van der Waals surface area contributed by atoms with Gasteiger partial charge in [-0.3, -0.25) is 9.59 Å². The highest BCUT2D eigenvalue weighted by Gasteiger charge is 2.06. The maximum Gasteiger partial charge on any atom is 0.226 e. The number of rotatable bonds is 6. The smallest absolute Gasteiger partial charge is 0.226 e. The van der Waals surface area contributed by atoms with Gasteiger partial charge in [0.25, 0.3) is 0 Å². The van der Waals surface area contributed by atoms with Crippen LogP contribution in [0, 0.1) is 5.92 Å². The van der Waals surface area contributed by atoms with E-state index in [0.29, 0.717) is 18.8 Å². The van der Waals surface area contributed by atoms with E-state index < -0.39 is 0 Å². The van der Waals surface area contributed by atoms with E-state index in [1.807, 2.05) is 38.1 Å². The standard InChI is InChI=1S/C14H19ClN2O2/c1-10(2)14(19)17-12-5-3-11(4-6-12)9-16-13(18)7-8-15/h3-6,10H,7-9H2,1-2H3,(H,16,18)(H,17,19). The first kappa shape index (κ1) is 15.5. The van der Waals surface area contributed by atoms with Crippen molar-refractivity contribution in [2.45, 2.75) is 26.8 Å². The van der Waals surface area contributed by atoms with Crippen molar-refractivity contribution in [3.63, 3.8) is 0 Å². The van der Waals surface area contributed by atoms with Crippen LogP contribution in [0.25, 0.3) is 0 Å². The molecule has 19 heavy (non-hydrogen) atoms. The van der Waals surface area contributed by atoms with Crippen LogP contribution in [-0.2, 0) is 16.1 Å². The highest BCUT2D eigenvalue weighted by atomic mass is 35.5. The number of carbonyl (C=O) groups is 2. The summed E-state index contributed by atoms with van der Waals surface area (Å²) >= 11 is 5.47. The lowest BCUT2D eigenvalue weighted by Crippen LogP contribution is -2.22. The van der Waals surface area contributed by atoms with E-state index in [1.54, 1.807) is 0 Å². The summed E-state index contributed by atoms with van der Waals surface area (Å²) < 4.78 is 0. The van der Waals surface area contributed by atoms with Gasteiger partial charge in [-0.25, -0.2) is 0 Å². The van der Waals surface area contributed by atoms with Crippen LogP contribution >= 0.6 is 11.6 Å². The molecule has 0 heterocycles. The van der Waals surface area contributed by atoms with E-state index in [2.05, 4.69) is 10.6 Å². The zero-order valence-corrected chi connectivity index (χ0v) is 12.0. The molecule has 0 aromatic heterocycles. The summed E-state index contributed by atoms with van der Waals surface area (Å²) in [5.74, 6) is 0.205. The van der Waals surface area contributed by atoms with Gasteiger partial charge in [-0.15, -0.1) is 11.6 Å². The fourth-order valence-corrected chi connectivity index (χ4v) is 1.54. The van der Waals surface area contributed by atoms with Gasteiger partial charge in [0.05, 0.1) is 0 Å². The Morgan fingerprint density at radius 2 is 1.84 bits per heavy atom. The van der Waals surface area contributed by atoms with Crippen LogP contribution in [0.1, 0.15) is 25.8 Å². The van der Waals surface area contributed by atoms with Gasteiger partial charge in [-0.05, 0) is 17.7 Å². The molecule has 0 bridgehead atoms. The van der Waals surface area contributed by atoms with E-state index in [9.17, 15) is 9.59 Å². The van der Waals surface area contributed by atoms with Gasteiger partial charge in [-0.2, -0.15) is 0 Å². The molecule has 0 spiro atoms. The second kappa shape index (κ2) is 7.79. The first-order chi connectivity index (χ1) is 9.02. The Morgan fingerprint density at radius 3 is 2.37 bits per heavy atom. The molecule has 2 N–H and O–H groups in total. The summed E-state index contributed by atoms with van der Waals surface area (Å²) in [4.78, 5) is 22.8. The Kier molecular flexibility index (Phi) is 6.36. The lowest BCUT2D eigenvalue weighted by atomic mass is 10.1. The van der Waals surface area contributed by atoms with Crippen molar-refractivity contribution in [2.24, 2.45) is 5.92 Å². The van der Waals surface area contributed by atoms with Crippen molar-refractivity contribution in [1.29, 1.82) is 0 Å². The van der Waals surface area contributed by atoms with Gasteiger partial charge in [0.1, 0.15) is 0 Å². The van der Waals surface area contributed by atoms with Crippen molar-refractivity contribution in [1.82, 2.24) is 5.32 Å². The van der Waals surface area contributed by atoms with Gasteiger partial charge in [0.15, 0.2) is 0 Å². The van der Waals surface area contributed by atoms with Crippen molar-refractivity contribution < 1.29 is 9.59 Å². The fourth-order valence-electron chi connectivity index (χ4n) is 1.37. The highest BCUT2D eigenvalue weighted by Crippen LogP contribution is 2.10. The van der Waals surface area contributed by atoms with Crippen LogP contribution in [0.5, 0.6) is 0 Å². The van der Waals surface area contributed by atoms with E-state index in [4.69, 9.17) is 11.6 Å². The molecule has 0 saturated carbocycles. The molecule has 0 radical (unpaired) electrons. The molecule has 4 nitrogen and oxygen atoms in total. The minimum Gasteiger partial charge on any atom is -0.352 e. The highest BCUT2D eigenvalue weighted by molar-refractivity contribution is 6.18. The molecule has 5 heteroatoms. The zero-order valence-electron chi connectivity index (χ0n) is 11.2. The number of anilines is 1. The zero-order chi connectivity index (χ0) is 14.3. The molecule has 1 rings (SSSR count). The largest absolute Gasteiger partial charge is 0.352 e. The number of benzene rings is 1. The third kappa shape index (κ3) is 5.75. The normalized spacial score (nSPS) is 10.3. The topological polar surface area (TPSA) is 58.2 Å². The van der Waals surface area contributed by atoms with Crippen molar-refractivity contribution in [3.8, 4) is 0 Å².